The third kappa shape index (κ3) is 4.89. The molecule has 37 heavy (non-hydrogen) atoms. The number of ether oxygens (including phenoxy) is 1. The number of carbonyl (C=O) groups is 3. The molecule has 0 bridgehead atoms. The first-order valence-electron chi connectivity index (χ1n) is 12.6. The van der Waals surface area contributed by atoms with Crippen molar-refractivity contribution in [3.05, 3.63) is 89.9 Å². The van der Waals surface area contributed by atoms with Crippen molar-refractivity contribution in [2.75, 3.05) is 25.0 Å². The molecule has 2 aromatic carbocycles. The Labute approximate surface area is 216 Å². The summed E-state index contributed by atoms with van der Waals surface area (Å²) in [5.74, 6) is -0.0942. The first kappa shape index (κ1) is 24.8. The molecular formula is C29H31N3O5. The molecule has 3 amide bonds. The molecule has 1 unspecified atom stereocenters. The molecule has 192 valence electrons. The van der Waals surface area contributed by atoms with E-state index < -0.39 is 11.8 Å². The van der Waals surface area contributed by atoms with Crippen molar-refractivity contribution >= 4 is 23.4 Å². The van der Waals surface area contributed by atoms with Crippen molar-refractivity contribution in [1.29, 1.82) is 0 Å². The summed E-state index contributed by atoms with van der Waals surface area (Å²) >= 11 is 0. The summed E-state index contributed by atoms with van der Waals surface area (Å²) in [6.07, 6.45) is 2.26. The normalized spacial score (nSPS) is 18.8. The van der Waals surface area contributed by atoms with Gasteiger partial charge in [-0.2, -0.15) is 0 Å². The molecule has 0 radical (unpaired) electrons. The van der Waals surface area contributed by atoms with E-state index in [0.29, 0.717) is 43.1 Å². The van der Waals surface area contributed by atoms with Crippen molar-refractivity contribution < 1.29 is 23.5 Å². The van der Waals surface area contributed by atoms with Gasteiger partial charge in [0.05, 0.1) is 12.9 Å². The summed E-state index contributed by atoms with van der Waals surface area (Å²) in [4.78, 5) is 43.3. The van der Waals surface area contributed by atoms with E-state index >= 15 is 0 Å². The van der Waals surface area contributed by atoms with Crippen LogP contribution >= 0.6 is 0 Å². The standard InChI is InChI=1S/C29H31N3O5/c1-20(2)21-10-12-23(13-11-21)30-26(33)24-19-37-29(32(24)27(34)22-7-4-3-5-8-22)14-16-31(17-15-29)28(35)25-9-6-18-36-25/h3-13,18,20,24H,14-17,19H2,1-2H3,(H,30,33). The molecule has 2 saturated heterocycles. The van der Waals surface area contributed by atoms with Gasteiger partial charge in [-0.25, -0.2) is 0 Å². The minimum atomic E-state index is -0.976. The molecule has 1 spiro atoms. The zero-order chi connectivity index (χ0) is 26.0. The molecule has 3 heterocycles. The predicted octanol–water partition coefficient (Wildman–Crippen LogP) is 4.52. The number of anilines is 1. The number of hydrogen-bond donors (Lipinski definition) is 1. The van der Waals surface area contributed by atoms with Gasteiger partial charge in [0.2, 0.25) is 5.91 Å². The first-order chi connectivity index (χ1) is 17.9. The van der Waals surface area contributed by atoms with Gasteiger partial charge in [0.15, 0.2) is 5.76 Å². The maximum absolute atomic E-state index is 13.8. The number of furan rings is 1. The highest BCUT2D eigenvalue weighted by atomic mass is 16.5. The molecular weight excluding hydrogens is 470 g/mol. The van der Waals surface area contributed by atoms with Crippen LogP contribution in [0.15, 0.2) is 77.4 Å². The van der Waals surface area contributed by atoms with Crippen LogP contribution < -0.4 is 5.32 Å². The summed E-state index contributed by atoms with van der Waals surface area (Å²) in [5, 5.41) is 2.96. The SMILES string of the molecule is CC(C)c1ccc(NC(=O)C2COC3(CCN(C(=O)c4ccco4)CC3)N2C(=O)c2ccccc2)cc1. The quantitative estimate of drug-likeness (QED) is 0.555. The summed E-state index contributed by atoms with van der Waals surface area (Å²) < 4.78 is 11.5. The van der Waals surface area contributed by atoms with E-state index in [9.17, 15) is 14.4 Å². The Hall–Kier alpha value is -3.91. The van der Waals surface area contributed by atoms with E-state index in [-0.39, 0.29) is 30.1 Å². The topological polar surface area (TPSA) is 92.1 Å². The molecule has 1 aromatic heterocycles. The Kier molecular flexibility index (Phi) is 6.84. The van der Waals surface area contributed by atoms with Gasteiger partial charge in [0, 0.05) is 37.2 Å². The second-order valence-corrected chi connectivity index (χ2v) is 9.85. The molecule has 2 aliphatic heterocycles. The van der Waals surface area contributed by atoms with Gasteiger partial charge in [0.1, 0.15) is 11.8 Å². The van der Waals surface area contributed by atoms with E-state index in [1.807, 2.05) is 30.3 Å². The molecule has 5 rings (SSSR count). The lowest BCUT2D eigenvalue weighted by Gasteiger charge is -2.44. The minimum absolute atomic E-state index is 0.0839. The number of rotatable bonds is 5. The minimum Gasteiger partial charge on any atom is -0.459 e. The highest BCUT2D eigenvalue weighted by molar-refractivity contribution is 6.02. The van der Waals surface area contributed by atoms with Gasteiger partial charge in [-0.3, -0.25) is 19.3 Å². The van der Waals surface area contributed by atoms with Crippen molar-refractivity contribution in [2.24, 2.45) is 0 Å². The number of amides is 3. The number of benzene rings is 2. The molecule has 8 heteroatoms. The fourth-order valence-corrected chi connectivity index (χ4v) is 5.08. The zero-order valence-corrected chi connectivity index (χ0v) is 21.1. The lowest BCUT2D eigenvalue weighted by molar-refractivity contribution is -0.123. The predicted molar refractivity (Wildman–Crippen MR) is 138 cm³/mol. The van der Waals surface area contributed by atoms with Gasteiger partial charge in [0.25, 0.3) is 11.8 Å². The highest BCUT2D eigenvalue weighted by Gasteiger charge is 2.54. The number of nitrogens with zero attached hydrogens (tertiary/aromatic N) is 2. The van der Waals surface area contributed by atoms with Gasteiger partial charge in [-0.15, -0.1) is 0 Å². The lowest BCUT2D eigenvalue weighted by Crippen LogP contribution is -2.59. The maximum Gasteiger partial charge on any atom is 0.289 e. The zero-order valence-electron chi connectivity index (χ0n) is 21.1. The van der Waals surface area contributed by atoms with Gasteiger partial charge >= 0.3 is 0 Å². The van der Waals surface area contributed by atoms with Crippen LogP contribution in [0.25, 0.3) is 0 Å². The van der Waals surface area contributed by atoms with Crippen LogP contribution in [-0.2, 0) is 9.53 Å². The Morgan fingerprint density at radius 2 is 1.62 bits per heavy atom. The average molecular weight is 502 g/mol. The van der Waals surface area contributed by atoms with Gasteiger partial charge in [-0.1, -0.05) is 44.2 Å². The largest absolute Gasteiger partial charge is 0.459 e. The number of nitrogens with one attached hydrogen (secondary N) is 1. The van der Waals surface area contributed by atoms with Crippen LogP contribution in [0.4, 0.5) is 5.69 Å². The Bertz CT molecular complexity index is 1250. The summed E-state index contributed by atoms with van der Waals surface area (Å²) in [7, 11) is 0. The molecule has 8 nitrogen and oxygen atoms in total. The molecule has 1 atom stereocenters. The second kappa shape index (κ2) is 10.2. The molecule has 2 fully saturated rings. The molecule has 1 N–H and O–H groups in total. The third-order valence-corrected chi connectivity index (χ3v) is 7.21. The lowest BCUT2D eigenvalue weighted by atomic mass is 9.96. The summed E-state index contributed by atoms with van der Waals surface area (Å²) in [6.45, 7) is 5.07. The van der Waals surface area contributed by atoms with Crippen molar-refractivity contribution in [1.82, 2.24) is 9.80 Å². The maximum atomic E-state index is 13.8. The molecule has 0 aliphatic carbocycles. The van der Waals surface area contributed by atoms with Crippen LogP contribution in [0.3, 0.4) is 0 Å². The third-order valence-electron chi connectivity index (χ3n) is 7.21. The Morgan fingerprint density at radius 1 is 0.919 bits per heavy atom. The summed E-state index contributed by atoms with van der Waals surface area (Å²) in [5.41, 5.74) is 1.36. The van der Waals surface area contributed by atoms with E-state index in [1.165, 1.54) is 11.8 Å². The van der Waals surface area contributed by atoms with Gasteiger partial charge in [-0.05, 0) is 47.9 Å². The monoisotopic (exact) mass is 501 g/mol. The van der Waals surface area contributed by atoms with Crippen LogP contribution in [0.5, 0.6) is 0 Å². The van der Waals surface area contributed by atoms with Crippen molar-refractivity contribution in [3.8, 4) is 0 Å². The smallest absolute Gasteiger partial charge is 0.289 e. The average Bonchev–Trinajstić information content (AvgIpc) is 3.58. The fraction of sp³-hybridized carbons (Fsp3) is 0.345. The Balaban J connectivity index is 1.37. The second-order valence-electron chi connectivity index (χ2n) is 9.85. The molecule has 0 saturated carbocycles. The number of carbonyl (C=O) groups excluding carboxylic acids is 3. The van der Waals surface area contributed by atoms with Crippen molar-refractivity contribution in [3.63, 3.8) is 0 Å². The van der Waals surface area contributed by atoms with Gasteiger partial charge < -0.3 is 19.4 Å². The number of hydrogen-bond acceptors (Lipinski definition) is 5. The van der Waals surface area contributed by atoms with Crippen LogP contribution in [0.2, 0.25) is 0 Å². The molecule has 3 aromatic rings. The van der Waals surface area contributed by atoms with Crippen LogP contribution in [-0.4, -0.2) is 59.0 Å². The van der Waals surface area contributed by atoms with E-state index in [0.717, 1.165) is 0 Å². The van der Waals surface area contributed by atoms with E-state index in [2.05, 4.69) is 19.2 Å². The van der Waals surface area contributed by atoms with Crippen LogP contribution in [0.1, 0.15) is 59.1 Å². The highest BCUT2D eigenvalue weighted by Crippen LogP contribution is 2.39. The summed E-state index contributed by atoms with van der Waals surface area (Å²) in [6, 6.07) is 19.2. The van der Waals surface area contributed by atoms with Crippen LogP contribution in [0, 0.1) is 0 Å². The first-order valence-corrected chi connectivity index (χ1v) is 12.6. The number of likely N-dealkylation sites (tertiary alicyclic amines) is 1. The van der Waals surface area contributed by atoms with Crippen molar-refractivity contribution in [2.45, 2.75) is 44.4 Å². The fourth-order valence-electron chi connectivity index (χ4n) is 5.08. The van der Waals surface area contributed by atoms with E-state index in [1.54, 1.807) is 46.2 Å². The number of piperidine rings is 1. The molecule has 2 aliphatic rings. The van der Waals surface area contributed by atoms with E-state index in [4.69, 9.17) is 9.15 Å². The Morgan fingerprint density at radius 3 is 2.24 bits per heavy atom.